The molecule has 1 fully saturated rings. The first kappa shape index (κ1) is 16.0. The molecule has 1 aliphatic rings. The molecule has 1 saturated heterocycles. The van der Waals surface area contributed by atoms with Crippen molar-refractivity contribution in [1.29, 1.82) is 5.26 Å². The molecule has 1 aromatic rings. The summed E-state index contributed by atoms with van der Waals surface area (Å²) >= 11 is 0. The lowest BCUT2D eigenvalue weighted by atomic mass is 10.1. The van der Waals surface area contributed by atoms with Crippen LogP contribution in [0.2, 0.25) is 0 Å². The zero-order valence-electron chi connectivity index (χ0n) is 12.3. The molecule has 0 unspecified atom stereocenters. The number of carbonyl (C=O) groups excluding carboxylic acids is 1. The summed E-state index contributed by atoms with van der Waals surface area (Å²) < 4.78 is 13.0. The molecule has 1 amide bonds. The zero-order chi connectivity index (χ0) is 15.8. The van der Waals surface area contributed by atoms with Gasteiger partial charge in [-0.2, -0.15) is 5.26 Å². The Morgan fingerprint density at radius 1 is 1.45 bits per heavy atom. The molecule has 0 aromatic heterocycles. The van der Waals surface area contributed by atoms with Crippen LogP contribution in [0.25, 0.3) is 0 Å². The van der Waals surface area contributed by atoms with Gasteiger partial charge < -0.3 is 15.5 Å². The minimum absolute atomic E-state index is 0.0983. The highest BCUT2D eigenvalue weighted by Crippen LogP contribution is 2.04. The largest absolute Gasteiger partial charge is 0.389 e. The number of benzene rings is 1. The van der Waals surface area contributed by atoms with E-state index < -0.39 is 0 Å². The number of rotatable bonds is 5. The van der Waals surface area contributed by atoms with E-state index in [4.69, 9.17) is 5.26 Å². The maximum atomic E-state index is 13.0. The van der Waals surface area contributed by atoms with E-state index >= 15 is 0 Å². The Bertz CT molecular complexity index is 588. The van der Waals surface area contributed by atoms with Crippen LogP contribution < -0.4 is 10.6 Å². The molecule has 5 nitrogen and oxygen atoms in total. The molecule has 116 valence electrons. The Morgan fingerprint density at radius 2 is 2.23 bits per heavy atom. The first-order valence-electron chi connectivity index (χ1n) is 7.29. The highest BCUT2D eigenvalue weighted by molar-refractivity contribution is 5.97. The smallest absolute Gasteiger partial charge is 0.266 e. The fourth-order valence-corrected chi connectivity index (χ4v) is 2.26. The van der Waals surface area contributed by atoms with Crippen LogP contribution in [0.1, 0.15) is 5.56 Å². The number of hydrogen-bond donors (Lipinski definition) is 2. The van der Waals surface area contributed by atoms with Crippen LogP contribution in [0.5, 0.6) is 0 Å². The molecule has 1 aromatic carbocycles. The van der Waals surface area contributed by atoms with Gasteiger partial charge in [-0.25, -0.2) is 4.39 Å². The number of nitrogens with one attached hydrogen (secondary N) is 2. The number of nitrogens with zero attached hydrogens (tertiary/aromatic N) is 2. The Morgan fingerprint density at radius 3 is 2.91 bits per heavy atom. The Balaban J connectivity index is 1.84. The number of amides is 1. The highest BCUT2D eigenvalue weighted by atomic mass is 19.1. The van der Waals surface area contributed by atoms with Crippen LogP contribution in [-0.4, -0.2) is 43.5 Å². The molecule has 0 radical (unpaired) electrons. The molecule has 0 bridgehead atoms. The standard InChI is InChI=1S/C16H19FN4O/c17-15-3-1-2-13(10-15)4-5-20-12-14(11-18)16(22)21-8-6-19-7-9-21/h1-3,10,12,19-20H,4-9H2/b14-12-. The number of hydrogen-bond acceptors (Lipinski definition) is 4. The van der Waals surface area contributed by atoms with E-state index in [-0.39, 0.29) is 17.3 Å². The van der Waals surface area contributed by atoms with Crippen molar-refractivity contribution >= 4 is 5.91 Å². The molecule has 22 heavy (non-hydrogen) atoms. The quantitative estimate of drug-likeness (QED) is 0.479. The van der Waals surface area contributed by atoms with Crippen molar-refractivity contribution in [3.05, 3.63) is 47.4 Å². The van der Waals surface area contributed by atoms with E-state index in [1.165, 1.54) is 18.3 Å². The summed E-state index contributed by atoms with van der Waals surface area (Å²) in [6.45, 7) is 3.25. The number of nitriles is 1. The highest BCUT2D eigenvalue weighted by Gasteiger charge is 2.19. The normalized spacial score (nSPS) is 15.3. The predicted molar refractivity (Wildman–Crippen MR) is 81.3 cm³/mol. The van der Waals surface area contributed by atoms with E-state index in [9.17, 15) is 9.18 Å². The van der Waals surface area contributed by atoms with Crippen molar-refractivity contribution in [3.8, 4) is 6.07 Å². The average Bonchev–Trinajstić information content (AvgIpc) is 2.55. The van der Waals surface area contributed by atoms with Gasteiger partial charge in [0.2, 0.25) is 0 Å². The molecule has 0 saturated carbocycles. The van der Waals surface area contributed by atoms with E-state index in [0.29, 0.717) is 26.1 Å². The maximum absolute atomic E-state index is 13.0. The van der Waals surface area contributed by atoms with E-state index in [2.05, 4.69) is 10.6 Å². The van der Waals surface area contributed by atoms with Gasteiger partial charge >= 0.3 is 0 Å². The van der Waals surface area contributed by atoms with Crippen molar-refractivity contribution < 1.29 is 9.18 Å². The van der Waals surface area contributed by atoms with Crippen molar-refractivity contribution in [3.63, 3.8) is 0 Å². The van der Waals surface area contributed by atoms with Crippen LogP contribution in [0.15, 0.2) is 36.0 Å². The molecule has 1 aliphatic heterocycles. The van der Waals surface area contributed by atoms with E-state index in [0.717, 1.165) is 18.7 Å². The molecule has 1 heterocycles. The number of piperazine rings is 1. The fraction of sp³-hybridized carbons (Fsp3) is 0.375. The minimum Gasteiger partial charge on any atom is -0.389 e. The van der Waals surface area contributed by atoms with Crippen molar-refractivity contribution in [2.24, 2.45) is 0 Å². The van der Waals surface area contributed by atoms with E-state index in [1.54, 1.807) is 11.0 Å². The number of halogens is 1. The summed E-state index contributed by atoms with van der Waals surface area (Å²) in [5.41, 5.74) is 0.967. The summed E-state index contributed by atoms with van der Waals surface area (Å²) in [5, 5.41) is 15.2. The van der Waals surface area contributed by atoms with E-state index in [1.807, 2.05) is 12.1 Å². The van der Waals surface area contributed by atoms with Gasteiger partial charge in [-0.05, 0) is 24.1 Å². The van der Waals surface area contributed by atoms with Crippen molar-refractivity contribution in [2.75, 3.05) is 32.7 Å². The SMILES string of the molecule is N#C/C(=C/NCCc1cccc(F)c1)C(=O)N1CCNCC1. The van der Waals surface area contributed by atoms with Crippen LogP contribution in [-0.2, 0) is 11.2 Å². The summed E-state index contributed by atoms with van der Waals surface area (Å²) in [5.74, 6) is -0.512. The van der Waals surface area contributed by atoms with Gasteiger partial charge in [-0.3, -0.25) is 4.79 Å². The zero-order valence-corrected chi connectivity index (χ0v) is 12.3. The van der Waals surface area contributed by atoms with Crippen LogP contribution >= 0.6 is 0 Å². The lowest BCUT2D eigenvalue weighted by Crippen LogP contribution is -2.46. The van der Waals surface area contributed by atoms with Crippen LogP contribution in [0, 0.1) is 17.1 Å². The second-order valence-corrected chi connectivity index (χ2v) is 5.05. The first-order valence-corrected chi connectivity index (χ1v) is 7.29. The second kappa shape index (κ2) is 8.15. The van der Waals surface area contributed by atoms with Gasteiger partial charge in [0.25, 0.3) is 5.91 Å². The molecule has 0 aliphatic carbocycles. The Labute approximate surface area is 129 Å². The van der Waals surface area contributed by atoms with Crippen LogP contribution in [0.4, 0.5) is 4.39 Å². The molecule has 6 heteroatoms. The topological polar surface area (TPSA) is 68.2 Å². The summed E-state index contributed by atoms with van der Waals surface area (Å²) in [7, 11) is 0. The molecular weight excluding hydrogens is 283 g/mol. The lowest BCUT2D eigenvalue weighted by Gasteiger charge is -2.27. The summed E-state index contributed by atoms with van der Waals surface area (Å²) in [6.07, 6.45) is 2.07. The van der Waals surface area contributed by atoms with Crippen molar-refractivity contribution in [2.45, 2.75) is 6.42 Å². The van der Waals surface area contributed by atoms with Gasteiger partial charge in [0.05, 0.1) is 0 Å². The fourth-order valence-electron chi connectivity index (χ4n) is 2.26. The van der Waals surface area contributed by atoms with Crippen LogP contribution in [0.3, 0.4) is 0 Å². The van der Waals surface area contributed by atoms with Gasteiger partial charge in [0.15, 0.2) is 0 Å². The van der Waals surface area contributed by atoms with Crippen molar-refractivity contribution in [1.82, 2.24) is 15.5 Å². The van der Waals surface area contributed by atoms with Gasteiger partial charge in [-0.1, -0.05) is 12.1 Å². The summed E-state index contributed by atoms with van der Waals surface area (Å²) in [6, 6.07) is 8.31. The molecule has 2 rings (SSSR count). The minimum atomic E-state index is -0.264. The third-order valence-electron chi connectivity index (χ3n) is 3.45. The second-order valence-electron chi connectivity index (χ2n) is 5.05. The maximum Gasteiger partial charge on any atom is 0.266 e. The Hall–Kier alpha value is -2.39. The molecule has 0 atom stereocenters. The lowest BCUT2D eigenvalue weighted by molar-refractivity contribution is -0.127. The average molecular weight is 302 g/mol. The molecule has 2 N–H and O–H groups in total. The Kier molecular flexibility index (Phi) is 5.92. The third kappa shape index (κ3) is 4.57. The monoisotopic (exact) mass is 302 g/mol. The number of carbonyl (C=O) groups is 1. The third-order valence-corrected chi connectivity index (χ3v) is 3.45. The van der Waals surface area contributed by atoms with Gasteiger partial charge in [0.1, 0.15) is 17.5 Å². The summed E-state index contributed by atoms with van der Waals surface area (Å²) in [4.78, 5) is 13.8. The van der Waals surface area contributed by atoms with Gasteiger partial charge in [-0.15, -0.1) is 0 Å². The first-order chi connectivity index (χ1) is 10.7. The molecular formula is C16H19FN4O. The predicted octanol–water partition coefficient (Wildman–Crippen LogP) is 0.797. The molecule has 0 spiro atoms. The van der Waals surface area contributed by atoms with Gasteiger partial charge in [0, 0.05) is 38.9 Å².